The third kappa shape index (κ3) is 3.36. The second kappa shape index (κ2) is 6.82. The first-order valence-corrected chi connectivity index (χ1v) is 9.09. The number of hydrogen-bond donors (Lipinski definition) is 1. The minimum atomic E-state index is -0.0705. The van der Waals surface area contributed by atoms with Crippen LogP contribution in [0.4, 0.5) is 17.1 Å². The fourth-order valence-electron chi connectivity index (χ4n) is 2.84. The van der Waals surface area contributed by atoms with Gasteiger partial charge in [0.1, 0.15) is 6.54 Å². The van der Waals surface area contributed by atoms with Crippen LogP contribution >= 0.6 is 23.4 Å². The maximum atomic E-state index is 12.6. The summed E-state index contributed by atoms with van der Waals surface area (Å²) in [4.78, 5) is 16.8. The zero-order chi connectivity index (χ0) is 17.2. The smallest absolute Gasteiger partial charge is 0.244 e. The highest BCUT2D eigenvalue weighted by Crippen LogP contribution is 2.48. The molecule has 0 unspecified atom stereocenters. The Morgan fingerprint density at radius 1 is 0.920 bits per heavy atom. The number of hydrogen-bond acceptors (Lipinski definition) is 3. The van der Waals surface area contributed by atoms with Gasteiger partial charge in [-0.2, -0.15) is 0 Å². The summed E-state index contributed by atoms with van der Waals surface area (Å²) in [5.74, 6) is -0.0705. The molecule has 3 aromatic rings. The molecule has 0 bridgehead atoms. The molecule has 0 saturated carbocycles. The molecule has 0 radical (unpaired) electrons. The number of rotatable bonds is 3. The van der Waals surface area contributed by atoms with Crippen molar-refractivity contribution >= 4 is 46.3 Å². The van der Waals surface area contributed by atoms with Crippen molar-refractivity contribution in [2.45, 2.75) is 9.79 Å². The molecule has 0 fully saturated rings. The Kier molecular flexibility index (Phi) is 4.38. The number of nitrogens with zero attached hydrogens (tertiary/aromatic N) is 1. The van der Waals surface area contributed by atoms with E-state index in [1.807, 2.05) is 71.6 Å². The van der Waals surface area contributed by atoms with Gasteiger partial charge in [0.2, 0.25) is 5.91 Å². The van der Waals surface area contributed by atoms with E-state index in [0.29, 0.717) is 5.02 Å². The molecule has 0 atom stereocenters. The van der Waals surface area contributed by atoms with E-state index in [-0.39, 0.29) is 12.5 Å². The van der Waals surface area contributed by atoms with Crippen LogP contribution in [0.3, 0.4) is 0 Å². The van der Waals surface area contributed by atoms with E-state index in [0.717, 1.165) is 26.9 Å². The van der Waals surface area contributed by atoms with E-state index in [2.05, 4.69) is 11.4 Å². The average Bonchev–Trinajstić information content (AvgIpc) is 2.63. The number of anilines is 3. The van der Waals surface area contributed by atoms with Gasteiger partial charge in [-0.25, -0.2) is 0 Å². The lowest BCUT2D eigenvalue weighted by atomic mass is 10.2. The molecule has 0 aromatic heterocycles. The van der Waals surface area contributed by atoms with E-state index < -0.39 is 0 Å². The molecule has 1 aliphatic heterocycles. The summed E-state index contributed by atoms with van der Waals surface area (Å²) in [5, 5.41) is 3.60. The number of carbonyl (C=O) groups is 1. The Labute approximate surface area is 155 Å². The van der Waals surface area contributed by atoms with Gasteiger partial charge in [-0.3, -0.25) is 4.79 Å². The topological polar surface area (TPSA) is 32.3 Å². The molecule has 0 aliphatic carbocycles. The summed E-state index contributed by atoms with van der Waals surface area (Å²) in [5.41, 5.74) is 2.77. The van der Waals surface area contributed by atoms with Gasteiger partial charge in [0, 0.05) is 20.5 Å². The second-order valence-corrected chi connectivity index (χ2v) is 7.20. The summed E-state index contributed by atoms with van der Waals surface area (Å²) < 4.78 is 0. The van der Waals surface area contributed by atoms with Crippen LogP contribution in [0.5, 0.6) is 0 Å². The second-order valence-electron chi connectivity index (χ2n) is 5.68. The van der Waals surface area contributed by atoms with Gasteiger partial charge < -0.3 is 10.2 Å². The van der Waals surface area contributed by atoms with Crippen LogP contribution in [0.15, 0.2) is 82.6 Å². The van der Waals surface area contributed by atoms with E-state index in [1.165, 1.54) is 0 Å². The molecule has 25 heavy (non-hydrogen) atoms. The molecule has 1 heterocycles. The van der Waals surface area contributed by atoms with Gasteiger partial charge in [0.15, 0.2) is 0 Å². The summed E-state index contributed by atoms with van der Waals surface area (Å²) in [6.07, 6.45) is 0. The SMILES string of the molecule is O=C(CN1c2ccccc2Sc2ccc(Cl)cc21)Nc1ccccc1. The van der Waals surface area contributed by atoms with Crippen molar-refractivity contribution in [1.82, 2.24) is 0 Å². The van der Waals surface area contributed by atoms with Crippen LogP contribution in [0.25, 0.3) is 0 Å². The van der Waals surface area contributed by atoms with Gasteiger partial charge in [-0.15, -0.1) is 0 Å². The lowest BCUT2D eigenvalue weighted by Crippen LogP contribution is -2.31. The highest BCUT2D eigenvalue weighted by molar-refractivity contribution is 7.99. The normalized spacial score (nSPS) is 12.3. The number of fused-ring (bicyclic) bond motifs is 2. The van der Waals surface area contributed by atoms with Gasteiger partial charge in [-0.05, 0) is 42.5 Å². The predicted octanol–water partition coefficient (Wildman–Crippen LogP) is 5.58. The Bertz CT molecular complexity index is 930. The lowest BCUT2D eigenvalue weighted by molar-refractivity contribution is -0.114. The summed E-state index contributed by atoms with van der Waals surface area (Å²) in [7, 11) is 0. The zero-order valence-electron chi connectivity index (χ0n) is 13.3. The number of amides is 1. The molecule has 0 saturated heterocycles. The first-order chi connectivity index (χ1) is 12.2. The van der Waals surface area contributed by atoms with Gasteiger partial charge in [0.25, 0.3) is 0 Å². The lowest BCUT2D eigenvalue weighted by Gasteiger charge is -2.32. The molecule has 124 valence electrons. The van der Waals surface area contributed by atoms with Gasteiger partial charge >= 0.3 is 0 Å². The van der Waals surface area contributed by atoms with Crippen LogP contribution < -0.4 is 10.2 Å². The molecule has 1 aliphatic rings. The van der Waals surface area contributed by atoms with Crippen LogP contribution in [0, 0.1) is 0 Å². The van der Waals surface area contributed by atoms with Crippen LogP contribution in [-0.4, -0.2) is 12.5 Å². The Morgan fingerprint density at radius 2 is 1.64 bits per heavy atom. The molecule has 1 N–H and O–H groups in total. The van der Waals surface area contributed by atoms with Crippen molar-refractivity contribution in [2.24, 2.45) is 0 Å². The number of nitrogens with one attached hydrogen (secondary N) is 1. The van der Waals surface area contributed by atoms with E-state index in [4.69, 9.17) is 11.6 Å². The Morgan fingerprint density at radius 3 is 2.48 bits per heavy atom. The Balaban J connectivity index is 1.66. The molecular weight excluding hydrogens is 352 g/mol. The third-order valence-corrected chi connectivity index (χ3v) is 5.31. The maximum Gasteiger partial charge on any atom is 0.244 e. The quantitative estimate of drug-likeness (QED) is 0.656. The molecule has 1 amide bonds. The largest absolute Gasteiger partial charge is 0.330 e. The molecule has 3 aromatic carbocycles. The first kappa shape index (κ1) is 16.1. The Hall–Kier alpha value is -2.43. The molecule has 3 nitrogen and oxygen atoms in total. The average molecular weight is 367 g/mol. The number of carbonyl (C=O) groups excluding carboxylic acids is 1. The van der Waals surface area contributed by atoms with Crippen LogP contribution in [-0.2, 0) is 4.79 Å². The highest BCUT2D eigenvalue weighted by atomic mass is 35.5. The van der Waals surface area contributed by atoms with E-state index in [1.54, 1.807) is 11.8 Å². The van der Waals surface area contributed by atoms with Crippen LogP contribution in [0.1, 0.15) is 0 Å². The predicted molar refractivity (Wildman–Crippen MR) is 104 cm³/mol. The molecular formula is C20H15ClN2OS. The summed E-state index contributed by atoms with van der Waals surface area (Å²) in [6, 6.07) is 23.4. The highest BCUT2D eigenvalue weighted by Gasteiger charge is 2.25. The molecule has 5 heteroatoms. The van der Waals surface area contributed by atoms with Gasteiger partial charge in [-0.1, -0.05) is 53.7 Å². The van der Waals surface area contributed by atoms with Gasteiger partial charge in [0.05, 0.1) is 11.4 Å². The fraction of sp³-hybridized carbons (Fsp3) is 0.0500. The summed E-state index contributed by atoms with van der Waals surface area (Å²) >= 11 is 7.89. The van der Waals surface area contributed by atoms with Crippen molar-refractivity contribution < 1.29 is 4.79 Å². The van der Waals surface area contributed by atoms with E-state index in [9.17, 15) is 4.79 Å². The van der Waals surface area contributed by atoms with Crippen molar-refractivity contribution in [1.29, 1.82) is 0 Å². The van der Waals surface area contributed by atoms with E-state index >= 15 is 0 Å². The summed E-state index contributed by atoms with van der Waals surface area (Å²) in [6.45, 7) is 0.222. The van der Waals surface area contributed by atoms with Crippen molar-refractivity contribution in [3.05, 3.63) is 77.8 Å². The van der Waals surface area contributed by atoms with Crippen molar-refractivity contribution in [3.63, 3.8) is 0 Å². The van der Waals surface area contributed by atoms with Crippen molar-refractivity contribution in [3.8, 4) is 0 Å². The number of para-hydroxylation sites is 2. The molecule has 0 spiro atoms. The minimum absolute atomic E-state index is 0.0705. The number of benzene rings is 3. The zero-order valence-corrected chi connectivity index (χ0v) is 14.8. The fourth-order valence-corrected chi connectivity index (χ4v) is 4.08. The van der Waals surface area contributed by atoms with Crippen LogP contribution in [0.2, 0.25) is 5.02 Å². The maximum absolute atomic E-state index is 12.6. The standard InChI is InChI=1S/C20H15ClN2OS/c21-14-10-11-19-17(12-14)23(16-8-4-5-9-18(16)25-19)13-20(24)22-15-6-2-1-3-7-15/h1-12H,13H2,(H,22,24). The molecule has 4 rings (SSSR count). The first-order valence-electron chi connectivity index (χ1n) is 7.89. The monoisotopic (exact) mass is 366 g/mol. The third-order valence-electron chi connectivity index (χ3n) is 3.95. The minimum Gasteiger partial charge on any atom is -0.330 e. The number of halogens is 1. The van der Waals surface area contributed by atoms with Crippen molar-refractivity contribution in [2.75, 3.05) is 16.8 Å².